The summed E-state index contributed by atoms with van der Waals surface area (Å²) in [5, 5.41) is 2.78. The van der Waals surface area contributed by atoms with E-state index in [0.29, 0.717) is 6.54 Å². The summed E-state index contributed by atoms with van der Waals surface area (Å²) in [5.41, 5.74) is 1.93. The Morgan fingerprint density at radius 2 is 1.78 bits per heavy atom. The molecule has 0 aliphatic rings. The van der Waals surface area contributed by atoms with Gasteiger partial charge in [-0.15, -0.1) is 0 Å². The number of pyridine rings is 1. The predicted octanol–water partition coefficient (Wildman–Crippen LogP) is 3.42. The average Bonchev–Trinajstić information content (AvgIpc) is 2.35. The van der Waals surface area contributed by atoms with E-state index in [2.05, 4.69) is 10.3 Å². The van der Waals surface area contributed by atoms with E-state index in [1.165, 1.54) is 0 Å². The highest BCUT2D eigenvalue weighted by Crippen LogP contribution is 2.17. The second-order valence-corrected chi connectivity index (χ2v) is 3.93. The Morgan fingerprint density at radius 3 is 2.33 bits per heavy atom. The van der Waals surface area contributed by atoms with Crippen LogP contribution in [0, 0.1) is 24.4 Å². The topological polar surface area (TPSA) is 24.9 Å². The molecular formula is C13H11F3N2. The molecule has 0 unspecified atom stereocenters. The molecule has 0 radical (unpaired) electrons. The van der Waals surface area contributed by atoms with Gasteiger partial charge in [-0.2, -0.15) is 0 Å². The van der Waals surface area contributed by atoms with Crippen LogP contribution in [-0.4, -0.2) is 4.98 Å². The van der Waals surface area contributed by atoms with Gasteiger partial charge in [-0.1, -0.05) is 6.07 Å². The number of hydrogen-bond donors (Lipinski definition) is 1. The molecule has 0 aliphatic heterocycles. The van der Waals surface area contributed by atoms with E-state index in [1.54, 1.807) is 12.3 Å². The Kier molecular flexibility index (Phi) is 3.50. The number of nitrogens with zero attached hydrogens (tertiary/aromatic N) is 1. The normalized spacial score (nSPS) is 10.4. The fraction of sp³-hybridized carbons (Fsp3) is 0.154. The Morgan fingerprint density at radius 1 is 1.11 bits per heavy atom. The first-order chi connectivity index (χ1) is 8.56. The maximum absolute atomic E-state index is 12.9. The molecule has 0 saturated carbocycles. The lowest BCUT2D eigenvalue weighted by atomic mass is 10.2. The van der Waals surface area contributed by atoms with Gasteiger partial charge in [-0.25, -0.2) is 13.2 Å². The third kappa shape index (κ3) is 2.80. The molecule has 0 atom stereocenters. The summed E-state index contributed by atoms with van der Waals surface area (Å²) in [6.45, 7) is 2.22. The lowest BCUT2D eigenvalue weighted by Crippen LogP contribution is -2.03. The largest absolute Gasteiger partial charge is 0.379 e. The summed E-state index contributed by atoms with van der Waals surface area (Å²) in [7, 11) is 0. The molecule has 0 fully saturated rings. The zero-order chi connectivity index (χ0) is 13.1. The molecule has 2 rings (SSSR count). The SMILES string of the molecule is Cc1ccc(CNc2cc(F)c(F)c(F)c2)nc1. The van der Waals surface area contributed by atoms with Gasteiger partial charge in [0.1, 0.15) is 0 Å². The average molecular weight is 252 g/mol. The number of rotatable bonds is 3. The molecule has 0 bridgehead atoms. The third-order valence-electron chi connectivity index (χ3n) is 2.43. The highest BCUT2D eigenvalue weighted by molar-refractivity contribution is 5.44. The summed E-state index contributed by atoms with van der Waals surface area (Å²) < 4.78 is 38.6. The van der Waals surface area contributed by atoms with Crippen LogP contribution in [-0.2, 0) is 6.54 Å². The number of hydrogen-bond acceptors (Lipinski definition) is 2. The van der Waals surface area contributed by atoms with E-state index in [9.17, 15) is 13.2 Å². The first kappa shape index (κ1) is 12.4. The van der Waals surface area contributed by atoms with Crippen LogP contribution in [0.15, 0.2) is 30.5 Å². The molecule has 1 aromatic carbocycles. The van der Waals surface area contributed by atoms with Crippen molar-refractivity contribution < 1.29 is 13.2 Å². The van der Waals surface area contributed by atoms with E-state index in [4.69, 9.17) is 0 Å². The van der Waals surface area contributed by atoms with Gasteiger partial charge in [0.05, 0.1) is 12.2 Å². The summed E-state index contributed by atoms with van der Waals surface area (Å²) in [6, 6.07) is 5.51. The summed E-state index contributed by atoms with van der Waals surface area (Å²) in [4.78, 5) is 4.13. The van der Waals surface area contributed by atoms with Crippen molar-refractivity contribution in [2.24, 2.45) is 0 Å². The molecule has 94 valence electrons. The van der Waals surface area contributed by atoms with Crippen molar-refractivity contribution in [3.8, 4) is 0 Å². The monoisotopic (exact) mass is 252 g/mol. The summed E-state index contributed by atoms with van der Waals surface area (Å²) in [6.07, 6.45) is 1.70. The van der Waals surface area contributed by atoms with Gasteiger partial charge in [-0.3, -0.25) is 4.98 Å². The van der Waals surface area contributed by atoms with Crippen molar-refractivity contribution in [3.63, 3.8) is 0 Å². The minimum atomic E-state index is -1.46. The zero-order valence-electron chi connectivity index (χ0n) is 9.67. The van der Waals surface area contributed by atoms with Crippen molar-refractivity contribution in [1.82, 2.24) is 4.98 Å². The minimum absolute atomic E-state index is 0.175. The van der Waals surface area contributed by atoms with E-state index >= 15 is 0 Å². The molecule has 5 heteroatoms. The van der Waals surface area contributed by atoms with Crippen LogP contribution in [0.25, 0.3) is 0 Å². The predicted molar refractivity (Wildman–Crippen MR) is 62.6 cm³/mol. The van der Waals surface area contributed by atoms with Gasteiger partial charge in [0, 0.05) is 24.0 Å². The highest BCUT2D eigenvalue weighted by Gasteiger charge is 2.10. The first-order valence-electron chi connectivity index (χ1n) is 5.36. The number of halogens is 3. The highest BCUT2D eigenvalue weighted by atomic mass is 19.2. The second-order valence-electron chi connectivity index (χ2n) is 3.93. The molecule has 1 aromatic heterocycles. The van der Waals surface area contributed by atoms with Crippen molar-refractivity contribution in [1.29, 1.82) is 0 Å². The van der Waals surface area contributed by atoms with Crippen molar-refractivity contribution >= 4 is 5.69 Å². The van der Waals surface area contributed by atoms with Crippen molar-refractivity contribution in [2.75, 3.05) is 5.32 Å². The van der Waals surface area contributed by atoms with Crippen LogP contribution in [0.3, 0.4) is 0 Å². The third-order valence-corrected chi connectivity index (χ3v) is 2.43. The molecule has 0 spiro atoms. The van der Waals surface area contributed by atoms with E-state index < -0.39 is 17.5 Å². The summed E-state index contributed by atoms with van der Waals surface area (Å²) >= 11 is 0. The number of nitrogens with one attached hydrogen (secondary N) is 1. The molecular weight excluding hydrogens is 241 g/mol. The number of anilines is 1. The van der Waals surface area contributed by atoms with Crippen LogP contribution in [0.5, 0.6) is 0 Å². The molecule has 1 heterocycles. The molecule has 0 aliphatic carbocycles. The molecule has 0 saturated heterocycles. The van der Waals surface area contributed by atoms with Gasteiger partial charge in [0.15, 0.2) is 17.5 Å². The van der Waals surface area contributed by atoms with Gasteiger partial charge in [-0.05, 0) is 18.6 Å². The Hall–Kier alpha value is -2.04. The van der Waals surface area contributed by atoms with Crippen LogP contribution in [0.1, 0.15) is 11.3 Å². The van der Waals surface area contributed by atoms with Crippen LogP contribution in [0.2, 0.25) is 0 Å². The van der Waals surface area contributed by atoms with Gasteiger partial charge < -0.3 is 5.32 Å². The van der Waals surface area contributed by atoms with Crippen LogP contribution >= 0.6 is 0 Å². The van der Waals surface area contributed by atoms with Crippen molar-refractivity contribution in [2.45, 2.75) is 13.5 Å². The molecule has 2 aromatic rings. The standard InChI is InChI=1S/C13H11F3N2/c1-8-2-3-9(17-6-8)7-18-10-4-11(14)13(16)12(15)5-10/h2-6,18H,7H2,1H3. The maximum atomic E-state index is 12.9. The van der Waals surface area contributed by atoms with Crippen LogP contribution < -0.4 is 5.32 Å². The number of benzene rings is 1. The Bertz CT molecular complexity index is 530. The first-order valence-corrected chi connectivity index (χ1v) is 5.36. The maximum Gasteiger partial charge on any atom is 0.194 e. The van der Waals surface area contributed by atoms with E-state index in [0.717, 1.165) is 23.4 Å². The minimum Gasteiger partial charge on any atom is -0.379 e. The molecule has 2 nitrogen and oxygen atoms in total. The lowest BCUT2D eigenvalue weighted by molar-refractivity contribution is 0.447. The molecule has 0 amide bonds. The van der Waals surface area contributed by atoms with Gasteiger partial charge in [0.2, 0.25) is 0 Å². The smallest absolute Gasteiger partial charge is 0.194 e. The zero-order valence-corrected chi connectivity index (χ0v) is 9.67. The van der Waals surface area contributed by atoms with E-state index in [1.807, 2.05) is 13.0 Å². The number of aryl methyl sites for hydroxylation is 1. The van der Waals surface area contributed by atoms with Crippen LogP contribution in [0.4, 0.5) is 18.9 Å². The fourth-order valence-corrected chi connectivity index (χ4v) is 1.45. The molecule has 1 N–H and O–H groups in total. The number of aromatic nitrogens is 1. The quantitative estimate of drug-likeness (QED) is 0.847. The van der Waals surface area contributed by atoms with Crippen molar-refractivity contribution in [3.05, 3.63) is 59.2 Å². The Balaban J connectivity index is 2.08. The summed E-state index contributed by atoms with van der Waals surface area (Å²) in [5.74, 6) is -3.89. The lowest BCUT2D eigenvalue weighted by Gasteiger charge is -2.07. The van der Waals surface area contributed by atoms with Gasteiger partial charge >= 0.3 is 0 Å². The second kappa shape index (κ2) is 5.08. The fourth-order valence-electron chi connectivity index (χ4n) is 1.45. The van der Waals surface area contributed by atoms with Gasteiger partial charge in [0.25, 0.3) is 0 Å². The molecule has 18 heavy (non-hydrogen) atoms. The Labute approximate surface area is 102 Å². The van der Waals surface area contributed by atoms with E-state index in [-0.39, 0.29) is 5.69 Å².